The summed E-state index contributed by atoms with van der Waals surface area (Å²) < 4.78 is 0. The minimum Gasteiger partial charge on any atom is -0.310 e. The van der Waals surface area contributed by atoms with Crippen molar-refractivity contribution < 1.29 is 0 Å². The molecule has 17 heavy (non-hydrogen) atoms. The Morgan fingerprint density at radius 1 is 1.24 bits per heavy atom. The lowest BCUT2D eigenvalue weighted by Gasteiger charge is -2.26. The average molecular weight is 274 g/mol. The predicted octanol–water partition coefficient (Wildman–Crippen LogP) is 5.08. The van der Waals surface area contributed by atoms with Crippen LogP contribution >= 0.6 is 23.2 Å². The molecule has 0 aliphatic heterocycles. The normalized spacial score (nSPS) is 14.6. The minimum absolute atomic E-state index is 0.283. The first-order valence-corrected chi connectivity index (χ1v) is 7.04. The van der Waals surface area contributed by atoms with Crippen molar-refractivity contribution in [3.8, 4) is 0 Å². The Hall–Kier alpha value is -0.240. The lowest BCUT2D eigenvalue weighted by molar-refractivity contribution is 0.369. The van der Waals surface area contributed by atoms with Crippen LogP contribution in [0.1, 0.15) is 45.2 Å². The van der Waals surface area contributed by atoms with Gasteiger partial charge in [0.15, 0.2) is 0 Å². The molecule has 0 aromatic heterocycles. The number of rotatable bonds is 6. The molecule has 0 radical (unpaired) electrons. The largest absolute Gasteiger partial charge is 0.310 e. The molecule has 1 aromatic carbocycles. The zero-order chi connectivity index (χ0) is 12.8. The molecule has 0 bridgehead atoms. The van der Waals surface area contributed by atoms with Gasteiger partial charge in [0.05, 0.1) is 10.0 Å². The van der Waals surface area contributed by atoms with Gasteiger partial charge >= 0.3 is 0 Å². The molecule has 0 saturated carbocycles. The van der Waals surface area contributed by atoms with Crippen molar-refractivity contribution in [2.45, 2.75) is 39.7 Å². The summed E-state index contributed by atoms with van der Waals surface area (Å²) in [6, 6.07) is 6.15. The highest BCUT2D eigenvalue weighted by Gasteiger charge is 2.20. The van der Waals surface area contributed by atoms with E-state index in [1.165, 1.54) is 12.8 Å². The first kappa shape index (κ1) is 14.8. The molecule has 0 saturated heterocycles. The SMILES string of the molecule is CCCC(C)C(NCC)c1cccc(Cl)c1Cl. The molecule has 1 nitrogen and oxygen atoms in total. The fourth-order valence-electron chi connectivity index (χ4n) is 2.22. The van der Waals surface area contributed by atoms with Gasteiger partial charge in [0.1, 0.15) is 0 Å². The van der Waals surface area contributed by atoms with E-state index in [4.69, 9.17) is 23.2 Å². The van der Waals surface area contributed by atoms with Crippen molar-refractivity contribution in [1.82, 2.24) is 5.32 Å². The van der Waals surface area contributed by atoms with E-state index in [9.17, 15) is 0 Å². The van der Waals surface area contributed by atoms with Gasteiger partial charge in [-0.2, -0.15) is 0 Å². The molecule has 0 aliphatic carbocycles. The van der Waals surface area contributed by atoms with Gasteiger partial charge in [0.2, 0.25) is 0 Å². The highest BCUT2D eigenvalue weighted by molar-refractivity contribution is 6.42. The zero-order valence-electron chi connectivity index (χ0n) is 10.8. The minimum atomic E-state index is 0.283. The fraction of sp³-hybridized carbons (Fsp3) is 0.571. The molecule has 1 N–H and O–H groups in total. The summed E-state index contributed by atoms with van der Waals surface area (Å²) in [5.74, 6) is 0.552. The van der Waals surface area contributed by atoms with Crippen LogP contribution in [0.5, 0.6) is 0 Å². The van der Waals surface area contributed by atoms with Crippen LogP contribution in [-0.4, -0.2) is 6.54 Å². The van der Waals surface area contributed by atoms with E-state index in [2.05, 4.69) is 32.2 Å². The molecule has 1 rings (SSSR count). The van der Waals surface area contributed by atoms with Crippen LogP contribution in [0, 0.1) is 5.92 Å². The van der Waals surface area contributed by atoms with Crippen LogP contribution in [-0.2, 0) is 0 Å². The maximum Gasteiger partial charge on any atom is 0.0640 e. The predicted molar refractivity (Wildman–Crippen MR) is 77.0 cm³/mol. The Bertz CT molecular complexity index is 352. The fourth-order valence-corrected chi connectivity index (χ4v) is 2.65. The molecule has 2 atom stereocenters. The third kappa shape index (κ3) is 3.87. The Morgan fingerprint density at radius 3 is 2.53 bits per heavy atom. The highest BCUT2D eigenvalue weighted by Crippen LogP contribution is 2.34. The Kier molecular flexibility index (Phi) is 6.32. The second-order valence-corrected chi connectivity index (χ2v) is 5.23. The maximum atomic E-state index is 6.30. The molecule has 1 aromatic rings. The number of nitrogens with one attached hydrogen (secondary N) is 1. The molecule has 3 heteroatoms. The topological polar surface area (TPSA) is 12.0 Å². The molecule has 0 amide bonds. The van der Waals surface area contributed by atoms with E-state index >= 15 is 0 Å². The Labute approximate surface area is 115 Å². The van der Waals surface area contributed by atoms with Gasteiger partial charge < -0.3 is 5.32 Å². The van der Waals surface area contributed by atoms with Crippen molar-refractivity contribution in [3.05, 3.63) is 33.8 Å². The quantitative estimate of drug-likeness (QED) is 0.762. The van der Waals surface area contributed by atoms with Crippen LogP contribution in [0.25, 0.3) is 0 Å². The highest BCUT2D eigenvalue weighted by atomic mass is 35.5. The number of benzene rings is 1. The van der Waals surface area contributed by atoms with E-state index < -0.39 is 0 Å². The van der Waals surface area contributed by atoms with Crippen molar-refractivity contribution in [2.24, 2.45) is 5.92 Å². The van der Waals surface area contributed by atoms with Gasteiger partial charge in [-0.1, -0.05) is 62.5 Å². The molecule has 0 fully saturated rings. The smallest absolute Gasteiger partial charge is 0.0640 e. The Morgan fingerprint density at radius 2 is 1.94 bits per heavy atom. The Balaban J connectivity index is 3.00. The van der Waals surface area contributed by atoms with E-state index in [0.717, 1.165) is 12.1 Å². The summed E-state index contributed by atoms with van der Waals surface area (Å²) in [4.78, 5) is 0. The molecular weight excluding hydrogens is 253 g/mol. The molecule has 0 heterocycles. The summed E-state index contributed by atoms with van der Waals surface area (Å²) >= 11 is 12.4. The second-order valence-electron chi connectivity index (χ2n) is 4.44. The van der Waals surface area contributed by atoms with Gasteiger partial charge in [-0.05, 0) is 30.5 Å². The van der Waals surface area contributed by atoms with Crippen molar-refractivity contribution in [2.75, 3.05) is 6.54 Å². The number of hydrogen-bond donors (Lipinski definition) is 1. The summed E-state index contributed by atoms with van der Waals surface area (Å²) in [5, 5.41) is 4.83. The summed E-state index contributed by atoms with van der Waals surface area (Å²) in [5.41, 5.74) is 1.11. The second kappa shape index (κ2) is 7.25. The van der Waals surface area contributed by atoms with Gasteiger partial charge in [-0.15, -0.1) is 0 Å². The number of halogens is 2. The lowest BCUT2D eigenvalue weighted by Crippen LogP contribution is -2.27. The van der Waals surface area contributed by atoms with E-state index in [-0.39, 0.29) is 6.04 Å². The van der Waals surface area contributed by atoms with Gasteiger partial charge in [-0.3, -0.25) is 0 Å². The van der Waals surface area contributed by atoms with Crippen LogP contribution in [0.2, 0.25) is 10.0 Å². The molecular formula is C14H21Cl2N. The monoisotopic (exact) mass is 273 g/mol. The zero-order valence-corrected chi connectivity index (χ0v) is 12.3. The maximum absolute atomic E-state index is 6.30. The van der Waals surface area contributed by atoms with Gasteiger partial charge in [-0.25, -0.2) is 0 Å². The van der Waals surface area contributed by atoms with Crippen LogP contribution < -0.4 is 5.32 Å². The third-order valence-electron chi connectivity index (χ3n) is 3.05. The summed E-state index contributed by atoms with van der Waals surface area (Å²) in [6.45, 7) is 7.51. The van der Waals surface area contributed by atoms with E-state index in [1.54, 1.807) is 0 Å². The third-order valence-corrected chi connectivity index (χ3v) is 3.89. The lowest BCUT2D eigenvalue weighted by atomic mass is 9.91. The van der Waals surface area contributed by atoms with Crippen molar-refractivity contribution in [3.63, 3.8) is 0 Å². The first-order chi connectivity index (χ1) is 8.11. The first-order valence-electron chi connectivity index (χ1n) is 6.29. The summed E-state index contributed by atoms with van der Waals surface area (Å²) in [7, 11) is 0. The standard InChI is InChI=1S/C14H21Cl2N/c1-4-7-10(3)14(17-5-2)11-8-6-9-12(15)13(11)16/h6,8-10,14,17H,4-5,7H2,1-3H3. The molecule has 0 aliphatic rings. The van der Waals surface area contributed by atoms with Crippen LogP contribution in [0.4, 0.5) is 0 Å². The molecule has 96 valence electrons. The van der Waals surface area contributed by atoms with E-state index in [0.29, 0.717) is 16.0 Å². The molecule has 0 spiro atoms. The van der Waals surface area contributed by atoms with Gasteiger partial charge in [0, 0.05) is 6.04 Å². The van der Waals surface area contributed by atoms with Crippen molar-refractivity contribution >= 4 is 23.2 Å². The number of hydrogen-bond acceptors (Lipinski definition) is 1. The molecule has 2 unspecified atom stereocenters. The van der Waals surface area contributed by atoms with Crippen molar-refractivity contribution in [1.29, 1.82) is 0 Å². The van der Waals surface area contributed by atoms with Gasteiger partial charge in [0.25, 0.3) is 0 Å². The average Bonchev–Trinajstić information content (AvgIpc) is 2.30. The van der Waals surface area contributed by atoms with Crippen LogP contribution in [0.15, 0.2) is 18.2 Å². The van der Waals surface area contributed by atoms with Crippen LogP contribution in [0.3, 0.4) is 0 Å². The van der Waals surface area contributed by atoms with E-state index in [1.807, 2.05) is 12.1 Å². The summed E-state index contributed by atoms with van der Waals surface area (Å²) in [6.07, 6.45) is 2.36.